The van der Waals surface area contributed by atoms with Gasteiger partial charge in [-0.1, -0.05) is 25.3 Å². The molecular formula is C31H35NO5. The Bertz CT molecular complexity index is 1420. The molecule has 0 spiro atoms. The predicted octanol–water partition coefficient (Wildman–Crippen LogP) is 6.89. The minimum atomic E-state index is -0.857. The SMILES string of the molecule is COc1ccc2c(c1)[C@H]1C[C@@]1(C(=O)O)Cn1c-2c(C2CCCCC2)c2ccc(C(=O)OC(C)(C)C)cc21. The van der Waals surface area contributed by atoms with Crippen LogP contribution in [-0.4, -0.2) is 34.3 Å². The molecule has 2 heterocycles. The van der Waals surface area contributed by atoms with E-state index in [1.807, 2.05) is 45.0 Å². The topological polar surface area (TPSA) is 77.8 Å². The van der Waals surface area contributed by atoms with Crippen molar-refractivity contribution in [3.05, 3.63) is 53.1 Å². The van der Waals surface area contributed by atoms with Crippen molar-refractivity contribution < 1.29 is 24.2 Å². The Labute approximate surface area is 217 Å². The average molecular weight is 502 g/mol. The van der Waals surface area contributed by atoms with Crippen LogP contribution in [0.2, 0.25) is 0 Å². The second-order valence-electron chi connectivity index (χ2n) is 12.1. The number of ether oxygens (including phenoxy) is 2. The van der Waals surface area contributed by atoms with Gasteiger partial charge in [0.25, 0.3) is 0 Å². The van der Waals surface area contributed by atoms with Crippen LogP contribution in [0.5, 0.6) is 5.75 Å². The number of carboxylic acid groups (broad SMARTS) is 1. The third-order valence-corrected chi connectivity index (χ3v) is 8.58. The summed E-state index contributed by atoms with van der Waals surface area (Å²) in [6, 6.07) is 12.0. The minimum absolute atomic E-state index is 0.0571. The number of carboxylic acids is 1. The van der Waals surface area contributed by atoms with E-state index in [2.05, 4.69) is 16.7 Å². The molecule has 0 radical (unpaired) electrons. The molecule has 37 heavy (non-hydrogen) atoms. The van der Waals surface area contributed by atoms with Crippen molar-refractivity contribution in [1.29, 1.82) is 0 Å². The summed E-state index contributed by atoms with van der Waals surface area (Å²) >= 11 is 0. The summed E-state index contributed by atoms with van der Waals surface area (Å²) in [5.41, 5.74) is 4.55. The average Bonchev–Trinajstić information content (AvgIpc) is 3.54. The van der Waals surface area contributed by atoms with Crippen LogP contribution in [0.1, 0.15) is 92.6 Å². The quantitative estimate of drug-likeness (QED) is 0.394. The van der Waals surface area contributed by atoms with Crippen LogP contribution in [0.25, 0.3) is 22.2 Å². The molecule has 1 aromatic heterocycles. The molecule has 2 aromatic carbocycles. The highest BCUT2D eigenvalue weighted by molar-refractivity contribution is 6.00. The lowest BCUT2D eigenvalue weighted by atomic mass is 9.81. The highest BCUT2D eigenvalue weighted by Crippen LogP contribution is 2.65. The van der Waals surface area contributed by atoms with Crippen LogP contribution in [0.4, 0.5) is 0 Å². The molecule has 1 aliphatic heterocycles. The highest BCUT2D eigenvalue weighted by Gasteiger charge is 2.63. The molecule has 0 bridgehead atoms. The van der Waals surface area contributed by atoms with Crippen molar-refractivity contribution >= 4 is 22.8 Å². The highest BCUT2D eigenvalue weighted by atomic mass is 16.6. The van der Waals surface area contributed by atoms with Gasteiger partial charge in [0.2, 0.25) is 0 Å². The van der Waals surface area contributed by atoms with Crippen LogP contribution in [-0.2, 0) is 16.1 Å². The third-order valence-electron chi connectivity index (χ3n) is 8.58. The second-order valence-corrected chi connectivity index (χ2v) is 12.1. The van der Waals surface area contributed by atoms with Gasteiger partial charge in [-0.25, -0.2) is 4.79 Å². The van der Waals surface area contributed by atoms with Gasteiger partial charge in [0, 0.05) is 28.9 Å². The first-order valence-electron chi connectivity index (χ1n) is 13.4. The number of esters is 1. The molecule has 6 nitrogen and oxygen atoms in total. The largest absolute Gasteiger partial charge is 0.497 e. The summed E-state index contributed by atoms with van der Waals surface area (Å²) in [6.45, 7) is 5.98. The first kappa shape index (κ1) is 24.1. The van der Waals surface area contributed by atoms with Gasteiger partial charge < -0.3 is 19.1 Å². The summed E-state index contributed by atoms with van der Waals surface area (Å²) in [5.74, 6) is -0.0205. The zero-order valence-corrected chi connectivity index (χ0v) is 22.1. The van der Waals surface area contributed by atoms with Crippen LogP contribution < -0.4 is 4.74 Å². The maximum Gasteiger partial charge on any atom is 0.338 e. The van der Waals surface area contributed by atoms with Crippen LogP contribution in [0, 0.1) is 5.41 Å². The molecule has 1 N–H and O–H groups in total. The number of aromatic nitrogens is 1. The van der Waals surface area contributed by atoms with Crippen molar-refractivity contribution in [2.45, 2.75) is 83.3 Å². The standard InChI is InChI=1S/C31H35NO5/c1-30(2,3)37-28(33)19-10-12-22-25(14-19)32-17-31(29(34)35)16-24(31)23-15-20(36-4)11-13-21(23)27(32)26(22)18-8-6-5-7-9-18/h10-15,18,24H,5-9,16-17H2,1-4H3,(H,34,35)/t24-,31-/m1/s1. The number of rotatable bonds is 4. The van der Waals surface area contributed by atoms with E-state index in [4.69, 9.17) is 9.47 Å². The maximum absolute atomic E-state index is 13.0. The van der Waals surface area contributed by atoms with Gasteiger partial charge in [0.1, 0.15) is 11.4 Å². The van der Waals surface area contributed by atoms with Crippen LogP contribution in [0.15, 0.2) is 36.4 Å². The zero-order chi connectivity index (χ0) is 26.1. The molecule has 0 unspecified atom stereocenters. The van der Waals surface area contributed by atoms with E-state index in [0.29, 0.717) is 24.4 Å². The number of hydrogen-bond acceptors (Lipinski definition) is 4. The minimum Gasteiger partial charge on any atom is -0.497 e. The molecule has 6 rings (SSSR count). The Morgan fingerprint density at radius 2 is 1.81 bits per heavy atom. The van der Waals surface area contributed by atoms with E-state index in [9.17, 15) is 14.7 Å². The summed E-state index contributed by atoms with van der Waals surface area (Å²) in [4.78, 5) is 25.7. The van der Waals surface area contributed by atoms with Gasteiger partial charge in [0.15, 0.2) is 0 Å². The van der Waals surface area contributed by atoms with Crippen molar-refractivity contribution in [3.8, 4) is 17.0 Å². The van der Waals surface area contributed by atoms with Crippen molar-refractivity contribution in [3.63, 3.8) is 0 Å². The van der Waals surface area contributed by atoms with E-state index in [0.717, 1.165) is 46.3 Å². The molecule has 2 aliphatic carbocycles. The van der Waals surface area contributed by atoms with Gasteiger partial charge in [-0.15, -0.1) is 0 Å². The number of nitrogens with zero attached hydrogens (tertiary/aromatic N) is 1. The molecule has 0 saturated heterocycles. The molecule has 2 fully saturated rings. The number of carbonyl (C=O) groups is 2. The lowest BCUT2D eigenvalue weighted by Gasteiger charge is -2.24. The van der Waals surface area contributed by atoms with Crippen molar-refractivity contribution in [2.75, 3.05) is 7.11 Å². The smallest absolute Gasteiger partial charge is 0.338 e. The zero-order valence-electron chi connectivity index (χ0n) is 22.1. The van der Waals surface area contributed by atoms with Gasteiger partial charge in [-0.05, 0) is 87.4 Å². The number of benzene rings is 2. The van der Waals surface area contributed by atoms with E-state index in [1.54, 1.807) is 7.11 Å². The molecule has 3 aliphatic rings. The molecule has 6 heteroatoms. The van der Waals surface area contributed by atoms with E-state index in [-0.39, 0.29) is 11.9 Å². The Kier molecular flexibility index (Phi) is 5.45. The van der Waals surface area contributed by atoms with E-state index >= 15 is 0 Å². The fourth-order valence-corrected chi connectivity index (χ4v) is 6.74. The fraction of sp³-hybridized carbons (Fsp3) is 0.484. The lowest BCUT2D eigenvalue weighted by Crippen LogP contribution is -2.24. The summed E-state index contributed by atoms with van der Waals surface area (Å²) in [7, 11) is 1.65. The van der Waals surface area contributed by atoms with Gasteiger partial charge >= 0.3 is 11.9 Å². The Morgan fingerprint density at radius 3 is 2.49 bits per heavy atom. The monoisotopic (exact) mass is 501 g/mol. The number of methoxy groups -OCH3 is 1. The molecule has 0 amide bonds. The number of aliphatic carboxylic acids is 1. The van der Waals surface area contributed by atoms with Crippen molar-refractivity contribution in [1.82, 2.24) is 4.57 Å². The molecular weight excluding hydrogens is 466 g/mol. The molecule has 2 saturated carbocycles. The number of hydrogen-bond donors (Lipinski definition) is 1. The Balaban J connectivity index is 1.63. The fourth-order valence-electron chi connectivity index (χ4n) is 6.74. The first-order chi connectivity index (χ1) is 17.6. The Hall–Kier alpha value is -3.28. The molecule has 194 valence electrons. The maximum atomic E-state index is 13.0. The lowest BCUT2D eigenvalue weighted by molar-refractivity contribution is -0.144. The normalized spacial score (nSPS) is 23.0. The van der Waals surface area contributed by atoms with Gasteiger partial charge in [-0.3, -0.25) is 4.79 Å². The van der Waals surface area contributed by atoms with Gasteiger partial charge in [-0.2, -0.15) is 0 Å². The van der Waals surface area contributed by atoms with E-state index < -0.39 is 17.0 Å². The number of fused-ring (bicyclic) bond motifs is 7. The number of carbonyl (C=O) groups excluding carboxylic acids is 1. The molecule has 2 atom stereocenters. The first-order valence-corrected chi connectivity index (χ1v) is 13.4. The summed E-state index contributed by atoms with van der Waals surface area (Å²) in [6.07, 6.45) is 6.50. The summed E-state index contributed by atoms with van der Waals surface area (Å²) < 4.78 is 13.4. The predicted molar refractivity (Wildman–Crippen MR) is 142 cm³/mol. The van der Waals surface area contributed by atoms with Crippen molar-refractivity contribution in [2.24, 2.45) is 5.41 Å². The van der Waals surface area contributed by atoms with E-state index in [1.165, 1.54) is 24.8 Å². The second kappa shape index (κ2) is 8.37. The van der Waals surface area contributed by atoms with Crippen LogP contribution in [0.3, 0.4) is 0 Å². The van der Waals surface area contributed by atoms with Crippen LogP contribution >= 0.6 is 0 Å². The molecule has 3 aromatic rings. The third kappa shape index (κ3) is 3.84. The summed E-state index contributed by atoms with van der Waals surface area (Å²) in [5, 5.41) is 11.5. The Morgan fingerprint density at radius 1 is 1.05 bits per heavy atom. The van der Waals surface area contributed by atoms with Gasteiger partial charge in [0.05, 0.1) is 23.8 Å².